The predicted octanol–water partition coefficient (Wildman–Crippen LogP) is 1.62. The Morgan fingerprint density at radius 2 is 2.05 bits per heavy atom. The molecule has 2 N–H and O–H groups in total. The molecule has 0 radical (unpaired) electrons. The Bertz CT molecular complexity index is 585. The molecule has 0 spiro atoms. The number of carbonyl (C=O) groups excluding carboxylic acids is 3. The molecule has 7 heteroatoms. The number of nitrogens with one attached hydrogen (secondary N) is 2. The highest BCUT2D eigenvalue weighted by Crippen LogP contribution is 2.05. The third kappa shape index (κ3) is 7.18. The highest BCUT2D eigenvalue weighted by atomic mass is 19.1. The van der Waals surface area contributed by atoms with Crippen LogP contribution in [0.4, 0.5) is 9.18 Å². The van der Waals surface area contributed by atoms with Gasteiger partial charge in [-0.2, -0.15) is 0 Å². The first kappa shape index (κ1) is 17.4. The predicted molar refractivity (Wildman–Crippen MR) is 78.2 cm³/mol. The van der Waals surface area contributed by atoms with Gasteiger partial charge in [0, 0.05) is 12.1 Å². The molecule has 22 heavy (non-hydrogen) atoms. The van der Waals surface area contributed by atoms with Crippen molar-refractivity contribution in [2.45, 2.75) is 19.9 Å². The molecule has 0 atom stereocenters. The number of amides is 3. The fourth-order valence-electron chi connectivity index (χ4n) is 1.42. The van der Waals surface area contributed by atoms with E-state index < -0.39 is 30.3 Å². The lowest BCUT2D eigenvalue weighted by Gasteiger charge is -2.08. The van der Waals surface area contributed by atoms with E-state index in [0.29, 0.717) is 5.56 Å². The minimum Gasteiger partial charge on any atom is -0.452 e. The van der Waals surface area contributed by atoms with Crippen LogP contribution in [-0.4, -0.2) is 30.6 Å². The quantitative estimate of drug-likeness (QED) is 0.639. The standard InChI is InChI=1S/C15H17FN2O4/c1-10(2)17-15(21)18-13(19)9-22-14(20)7-6-11-4-3-5-12(16)8-11/h3-8,10H,9H2,1-2H3,(H2,17,18,19,21). The summed E-state index contributed by atoms with van der Waals surface area (Å²) in [6, 6.07) is 4.85. The summed E-state index contributed by atoms with van der Waals surface area (Å²) in [7, 11) is 0. The third-order valence-electron chi connectivity index (χ3n) is 2.28. The van der Waals surface area contributed by atoms with Crippen LogP contribution < -0.4 is 10.6 Å². The lowest BCUT2D eigenvalue weighted by atomic mass is 10.2. The number of urea groups is 1. The van der Waals surface area contributed by atoms with Crippen LogP contribution in [0.15, 0.2) is 30.3 Å². The number of rotatable bonds is 5. The molecule has 6 nitrogen and oxygen atoms in total. The first-order chi connectivity index (χ1) is 10.4. The fraction of sp³-hybridized carbons (Fsp3) is 0.267. The van der Waals surface area contributed by atoms with E-state index in [1.165, 1.54) is 24.3 Å². The van der Waals surface area contributed by atoms with E-state index in [1.54, 1.807) is 19.9 Å². The van der Waals surface area contributed by atoms with Crippen LogP contribution in [0.1, 0.15) is 19.4 Å². The molecule has 0 saturated heterocycles. The minimum atomic E-state index is -0.774. The Balaban J connectivity index is 2.36. The molecule has 1 aromatic carbocycles. The Morgan fingerprint density at radius 3 is 2.68 bits per heavy atom. The van der Waals surface area contributed by atoms with Gasteiger partial charge >= 0.3 is 12.0 Å². The second-order valence-electron chi connectivity index (χ2n) is 4.67. The van der Waals surface area contributed by atoms with Crippen molar-refractivity contribution in [3.05, 3.63) is 41.7 Å². The van der Waals surface area contributed by atoms with Crippen LogP contribution in [0.3, 0.4) is 0 Å². The Kier molecular flexibility index (Phi) is 6.75. The van der Waals surface area contributed by atoms with E-state index in [-0.39, 0.29) is 6.04 Å². The maximum Gasteiger partial charge on any atom is 0.331 e. The van der Waals surface area contributed by atoms with Crippen molar-refractivity contribution in [3.63, 3.8) is 0 Å². The zero-order valence-corrected chi connectivity index (χ0v) is 12.3. The van der Waals surface area contributed by atoms with Crippen LogP contribution in [0, 0.1) is 5.82 Å². The van der Waals surface area contributed by atoms with Gasteiger partial charge in [-0.15, -0.1) is 0 Å². The maximum atomic E-state index is 12.9. The molecule has 0 saturated carbocycles. The molecule has 0 aliphatic carbocycles. The normalized spacial score (nSPS) is 10.5. The topological polar surface area (TPSA) is 84.5 Å². The first-order valence-corrected chi connectivity index (χ1v) is 6.57. The summed E-state index contributed by atoms with van der Waals surface area (Å²) in [6.07, 6.45) is 2.42. The van der Waals surface area contributed by atoms with E-state index in [4.69, 9.17) is 0 Å². The molecule has 0 fully saturated rings. The fourth-order valence-corrected chi connectivity index (χ4v) is 1.42. The molecular formula is C15H17FN2O4. The Hall–Kier alpha value is -2.70. The maximum absolute atomic E-state index is 12.9. The minimum absolute atomic E-state index is 0.121. The second-order valence-corrected chi connectivity index (χ2v) is 4.67. The van der Waals surface area contributed by atoms with Gasteiger partial charge in [0.05, 0.1) is 0 Å². The molecule has 0 heterocycles. The number of benzene rings is 1. The number of carbonyl (C=O) groups is 3. The average molecular weight is 308 g/mol. The molecule has 3 amide bonds. The molecule has 0 unspecified atom stereocenters. The van der Waals surface area contributed by atoms with Crippen molar-refractivity contribution in [2.24, 2.45) is 0 Å². The van der Waals surface area contributed by atoms with Crippen LogP contribution in [-0.2, 0) is 14.3 Å². The van der Waals surface area contributed by atoms with Crippen LogP contribution in [0.5, 0.6) is 0 Å². The number of hydrogen-bond donors (Lipinski definition) is 2. The van der Waals surface area contributed by atoms with Crippen molar-refractivity contribution in [3.8, 4) is 0 Å². The van der Waals surface area contributed by atoms with Gasteiger partial charge in [-0.25, -0.2) is 14.0 Å². The van der Waals surface area contributed by atoms with Gasteiger partial charge in [-0.3, -0.25) is 10.1 Å². The summed E-state index contributed by atoms with van der Waals surface area (Å²) in [6.45, 7) is 2.89. The Morgan fingerprint density at radius 1 is 1.32 bits per heavy atom. The third-order valence-corrected chi connectivity index (χ3v) is 2.28. The number of esters is 1. The van der Waals surface area contributed by atoms with Crippen LogP contribution >= 0.6 is 0 Å². The van der Waals surface area contributed by atoms with Crippen molar-refractivity contribution < 1.29 is 23.5 Å². The molecule has 0 aromatic heterocycles. The first-order valence-electron chi connectivity index (χ1n) is 6.57. The number of hydrogen-bond acceptors (Lipinski definition) is 4. The van der Waals surface area contributed by atoms with E-state index >= 15 is 0 Å². The van der Waals surface area contributed by atoms with E-state index in [9.17, 15) is 18.8 Å². The molecule has 0 aliphatic heterocycles. The molecule has 118 valence electrons. The Labute approximate surface area is 127 Å². The van der Waals surface area contributed by atoms with Gasteiger partial charge in [-0.1, -0.05) is 12.1 Å². The molecule has 0 bridgehead atoms. The van der Waals surface area contributed by atoms with Gasteiger partial charge in [-0.05, 0) is 37.6 Å². The summed E-state index contributed by atoms with van der Waals surface area (Å²) in [5, 5.41) is 4.46. The van der Waals surface area contributed by atoms with E-state index in [1.807, 2.05) is 5.32 Å². The van der Waals surface area contributed by atoms with Crippen LogP contribution in [0.25, 0.3) is 6.08 Å². The van der Waals surface area contributed by atoms with Gasteiger partial charge in [0.15, 0.2) is 6.61 Å². The van der Waals surface area contributed by atoms with Gasteiger partial charge in [0.25, 0.3) is 5.91 Å². The van der Waals surface area contributed by atoms with Crippen molar-refractivity contribution in [2.75, 3.05) is 6.61 Å². The highest BCUT2D eigenvalue weighted by molar-refractivity contribution is 5.96. The SMILES string of the molecule is CC(C)NC(=O)NC(=O)COC(=O)C=Cc1cccc(F)c1. The monoisotopic (exact) mass is 308 g/mol. The highest BCUT2D eigenvalue weighted by Gasteiger charge is 2.10. The largest absolute Gasteiger partial charge is 0.452 e. The summed E-state index contributed by atoms with van der Waals surface area (Å²) >= 11 is 0. The molecular weight excluding hydrogens is 291 g/mol. The second kappa shape index (κ2) is 8.56. The van der Waals surface area contributed by atoms with Crippen molar-refractivity contribution in [1.82, 2.24) is 10.6 Å². The lowest BCUT2D eigenvalue weighted by molar-refractivity contribution is -0.143. The molecule has 1 rings (SSSR count). The van der Waals surface area contributed by atoms with E-state index in [0.717, 1.165) is 6.08 Å². The van der Waals surface area contributed by atoms with Crippen molar-refractivity contribution in [1.29, 1.82) is 0 Å². The summed E-state index contributed by atoms with van der Waals surface area (Å²) in [5.74, 6) is -1.94. The number of halogens is 1. The van der Waals surface area contributed by atoms with Crippen LogP contribution in [0.2, 0.25) is 0 Å². The lowest BCUT2D eigenvalue weighted by Crippen LogP contribution is -2.43. The van der Waals surface area contributed by atoms with E-state index in [2.05, 4.69) is 10.1 Å². The average Bonchev–Trinajstić information content (AvgIpc) is 2.42. The smallest absolute Gasteiger partial charge is 0.331 e. The molecule has 0 aliphatic rings. The summed E-state index contributed by atoms with van der Waals surface area (Å²) in [4.78, 5) is 33.9. The number of imide groups is 1. The zero-order valence-electron chi connectivity index (χ0n) is 12.3. The molecule has 1 aromatic rings. The number of ether oxygens (including phenoxy) is 1. The van der Waals surface area contributed by atoms with Gasteiger partial charge in [0.1, 0.15) is 5.82 Å². The summed E-state index contributed by atoms with van der Waals surface area (Å²) in [5.41, 5.74) is 0.484. The van der Waals surface area contributed by atoms with Gasteiger partial charge in [0.2, 0.25) is 0 Å². The zero-order chi connectivity index (χ0) is 16.5. The van der Waals surface area contributed by atoms with Gasteiger partial charge < -0.3 is 10.1 Å². The van der Waals surface area contributed by atoms with Crippen molar-refractivity contribution >= 4 is 24.0 Å². The summed E-state index contributed by atoms with van der Waals surface area (Å²) < 4.78 is 17.6.